The number of carbonyl (C=O) groups excluding carboxylic acids is 4. The quantitative estimate of drug-likeness (QED) is 0.349. The molecule has 6 rings (SSSR count). The number of benzene rings is 3. The molecule has 0 atom stereocenters. The van der Waals surface area contributed by atoms with E-state index in [4.69, 9.17) is 14.6 Å². The average Bonchev–Trinajstić information content (AvgIpc) is 3.56. The van der Waals surface area contributed by atoms with E-state index in [0.29, 0.717) is 55.7 Å². The van der Waals surface area contributed by atoms with Gasteiger partial charge in [0.2, 0.25) is 0 Å². The van der Waals surface area contributed by atoms with Crippen LogP contribution in [0.15, 0.2) is 54.6 Å². The van der Waals surface area contributed by atoms with Crippen LogP contribution in [0.5, 0.6) is 0 Å². The first-order valence-corrected chi connectivity index (χ1v) is 18.9. The van der Waals surface area contributed by atoms with Crippen LogP contribution in [0, 0.1) is 0 Å². The predicted molar refractivity (Wildman–Crippen MR) is 215 cm³/mol. The van der Waals surface area contributed by atoms with Crippen LogP contribution in [-0.2, 0) is 57.6 Å². The van der Waals surface area contributed by atoms with Gasteiger partial charge in [-0.2, -0.15) is 35.4 Å². The Morgan fingerprint density at radius 2 is 0.864 bits per heavy atom. The Morgan fingerprint density at radius 1 is 0.542 bits per heavy atom. The molecule has 3 heterocycles. The number of aromatic carboxylic acids is 1. The summed E-state index contributed by atoms with van der Waals surface area (Å²) in [5.41, 5.74) is 7.66. The number of nitrogens with zero attached hydrogens (tertiary/aromatic N) is 3. The largest absolute Gasteiger partial charge is 1.00 e. The molecule has 59 heavy (non-hydrogen) atoms. The predicted octanol–water partition coefficient (Wildman–Crippen LogP) is 0.0298. The topological polar surface area (TPSA) is 194 Å². The molecule has 0 fully saturated rings. The number of carboxylic acid groups (broad SMARTS) is 1. The minimum Gasteiger partial charge on any atom is -0.870 e. The minimum atomic E-state index is -0.925. The van der Waals surface area contributed by atoms with Crippen LogP contribution in [0.4, 0.5) is 9.59 Å². The van der Waals surface area contributed by atoms with Crippen LogP contribution >= 0.6 is 0 Å². The number of hydrogen-bond acceptors (Lipinski definition) is 10. The smallest absolute Gasteiger partial charge is 0.870 e. The van der Waals surface area contributed by atoms with Gasteiger partial charge in [0.05, 0.1) is 18.1 Å². The summed E-state index contributed by atoms with van der Waals surface area (Å²) >= 11 is 0. The van der Waals surface area contributed by atoms with Crippen molar-refractivity contribution in [2.45, 2.75) is 91.3 Å². The van der Waals surface area contributed by atoms with Gasteiger partial charge in [-0.15, -0.1) is 12.1 Å². The Hall–Kier alpha value is -1.50. The third kappa shape index (κ3) is 19.2. The number of hydrogen-bond donors (Lipinski definition) is 1. The molecule has 0 aliphatic carbocycles. The monoisotopic (exact) mass is 957 g/mol. The van der Waals surface area contributed by atoms with Gasteiger partial charge in [0.25, 0.3) is 0 Å². The van der Waals surface area contributed by atoms with E-state index in [1.807, 2.05) is 84.4 Å². The van der Waals surface area contributed by atoms with Crippen molar-refractivity contribution in [3.63, 3.8) is 0 Å². The first kappa shape index (κ1) is 57.5. The van der Waals surface area contributed by atoms with E-state index < -0.39 is 17.2 Å². The van der Waals surface area contributed by atoms with Gasteiger partial charge >= 0.3 is 135 Å². The zero-order valence-corrected chi connectivity index (χ0v) is 46.1. The van der Waals surface area contributed by atoms with E-state index >= 15 is 0 Å². The minimum absolute atomic E-state index is 0. The van der Waals surface area contributed by atoms with E-state index in [1.165, 1.54) is 16.7 Å². The maximum Gasteiger partial charge on any atom is 1.00 e. The van der Waals surface area contributed by atoms with E-state index in [2.05, 4.69) is 18.0 Å². The van der Waals surface area contributed by atoms with Crippen LogP contribution in [-0.4, -0.2) is 119 Å². The fourth-order valence-electron chi connectivity index (χ4n) is 6.57. The van der Waals surface area contributed by atoms with Gasteiger partial charge in [-0.3, -0.25) is 0 Å². The molecule has 0 radical (unpaired) electrons. The molecule has 0 saturated heterocycles. The van der Waals surface area contributed by atoms with Gasteiger partial charge in [-0.05, 0) is 110 Å². The molecule has 13 nitrogen and oxygen atoms in total. The van der Waals surface area contributed by atoms with E-state index in [-0.39, 0.29) is 140 Å². The van der Waals surface area contributed by atoms with Crippen molar-refractivity contribution >= 4 is 30.7 Å². The van der Waals surface area contributed by atoms with Gasteiger partial charge in [0.1, 0.15) is 11.2 Å². The molecule has 0 saturated carbocycles. The molecule has 3 aromatic rings. The molecule has 0 bridgehead atoms. The third-order valence-corrected chi connectivity index (χ3v) is 9.53. The molecule has 0 unspecified atom stereocenters. The summed E-state index contributed by atoms with van der Waals surface area (Å²) in [5, 5.41) is 9.04. The maximum absolute atomic E-state index is 12.1. The Bertz CT molecular complexity index is 1860. The summed E-state index contributed by atoms with van der Waals surface area (Å²) in [6.45, 7) is 15.7. The molecule has 3 aliphatic heterocycles. The van der Waals surface area contributed by atoms with Crippen molar-refractivity contribution in [2.24, 2.45) is 0 Å². The third-order valence-electron chi connectivity index (χ3n) is 9.53. The summed E-state index contributed by atoms with van der Waals surface area (Å²) in [5.74, 6) is -0.925. The summed E-state index contributed by atoms with van der Waals surface area (Å²) in [4.78, 5) is 62.1. The summed E-state index contributed by atoms with van der Waals surface area (Å²) in [7, 11) is 2.14. The number of amides is 2. The van der Waals surface area contributed by atoms with E-state index in [1.54, 1.807) is 28.0 Å². The normalized spacial score (nSPS) is 14.6. The van der Waals surface area contributed by atoms with Crippen LogP contribution in [0.2, 0.25) is 0 Å². The molecule has 3 N–H and O–H groups in total. The maximum atomic E-state index is 12.1. The zero-order chi connectivity index (χ0) is 40.3. The van der Waals surface area contributed by atoms with Gasteiger partial charge in [-0.25, -0.2) is 14.4 Å². The average molecular weight is 959 g/mol. The fourth-order valence-corrected chi connectivity index (χ4v) is 6.57. The van der Waals surface area contributed by atoms with Crippen molar-refractivity contribution in [1.82, 2.24) is 14.7 Å². The standard InChI is InChI=1S/C16H21NO4.C16H20NO3.C12H14NO.2H2O.2Rb/c1-16(2,3)21-15(20)17-8-6-11-4-5-13(14(18)19)10-12(11)7-9-17;1-16(2,3)20-15(19)17-8-6-13-5-4-12(11-18)10-14(13)7-9-17;1-13-6-4-11-3-2-10(9-14)8-12(11)5-7-13;;;;/h4-5,10H,6-9H2,1-3H3,(H,18,19);4-5,10H,6-9H2,1-3H3;2-3,8H,4-7H2,1H3;2*1H2;;/q;2*-1;;;2*+1/p-2. The number of carboxylic acids is 1. The molecule has 15 heteroatoms. The number of ether oxygens (including phenoxy) is 2. The SMILES string of the molecule is CC(C)(C)OC(=O)N1CCc2ccc(C(=O)O)cc2CC1.CC(C)(C)OC(=O)N1CCc2ccc([C-]=O)cc2CC1.CN1CCc2ccc([C-]=O)cc2CC1.[OH-].[OH-].[Rb+].[Rb+]. The molecule has 0 spiro atoms. The molecule has 2 amide bonds. The molecule has 312 valence electrons. The fraction of sp³-hybridized carbons (Fsp3) is 0.477. The van der Waals surface area contributed by atoms with Gasteiger partial charge < -0.3 is 49.8 Å². The number of fused-ring (bicyclic) bond motifs is 3. The van der Waals surface area contributed by atoms with E-state index in [9.17, 15) is 24.0 Å². The first-order chi connectivity index (χ1) is 25.9. The van der Waals surface area contributed by atoms with Gasteiger partial charge in [0.15, 0.2) is 0 Å². The van der Waals surface area contributed by atoms with Crippen molar-refractivity contribution in [1.29, 1.82) is 0 Å². The molecular weight excluding hydrogens is 901 g/mol. The van der Waals surface area contributed by atoms with Crippen LogP contribution in [0.3, 0.4) is 0 Å². The number of carbonyl (C=O) groups is 3. The van der Waals surface area contributed by atoms with Crippen molar-refractivity contribution in [3.8, 4) is 0 Å². The van der Waals surface area contributed by atoms with Crippen molar-refractivity contribution in [2.75, 3.05) is 46.3 Å². The number of rotatable bonds is 3. The van der Waals surface area contributed by atoms with Crippen LogP contribution < -0.4 is 116 Å². The first-order valence-electron chi connectivity index (χ1n) is 18.9. The Kier molecular flexibility index (Phi) is 26.2. The second kappa shape index (κ2) is 26.9. The Balaban J connectivity index is 0.000000841. The summed E-state index contributed by atoms with van der Waals surface area (Å²) in [6, 6.07) is 16.6. The Labute approximate surface area is 447 Å². The Morgan fingerprint density at radius 3 is 1.22 bits per heavy atom. The molecule has 3 aliphatic rings. The van der Waals surface area contributed by atoms with Gasteiger partial charge in [0, 0.05) is 39.3 Å². The second-order valence-electron chi connectivity index (χ2n) is 16.2. The summed E-state index contributed by atoms with van der Waals surface area (Å²) in [6.07, 6.45) is 8.29. The zero-order valence-electron chi connectivity index (χ0n) is 36.2. The van der Waals surface area contributed by atoms with Gasteiger partial charge in [-0.1, -0.05) is 28.3 Å². The summed E-state index contributed by atoms with van der Waals surface area (Å²) < 4.78 is 10.8. The molecule has 3 aromatic carbocycles. The van der Waals surface area contributed by atoms with Crippen molar-refractivity contribution < 1.29 is 166 Å². The van der Waals surface area contributed by atoms with Crippen LogP contribution in [0.1, 0.15) is 96.4 Å². The van der Waals surface area contributed by atoms with Crippen LogP contribution in [0.25, 0.3) is 0 Å². The molecule has 0 aromatic heterocycles. The van der Waals surface area contributed by atoms with E-state index in [0.717, 1.165) is 55.5 Å². The van der Waals surface area contributed by atoms with Crippen molar-refractivity contribution in [3.05, 3.63) is 105 Å². The second-order valence-corrected chi connectivity index (χ2v) is 16.2. The number of likely N-dealkylation sites (N-methyl/N-ethyl adjacent to an activating group) is 1. The molecular formula is C44H57N3O10Rb2-2.